The zero-order valence-electron chi connectivity index (χ0n) is 11.9. The number of hydrogen-bond donors (Lipinski definition) is 2. The Labute approximate surface area is 121 Å². The van der Waals surface area contributed by atoms with Crippen molar-refractivity contribution in [3.05, 3.63) is 24.5 Å². The highest BCUT2D eigenvalue weighted by molar-refractivity contribution is 5.90. The SMILES string of the molecule is CCCNc1nc(-c2ccnc(OC)c2)c2cn[nH]c2n1. The lowest BCUT2D eigenvalue weighted by Gasteiger charge is -2.08. The quantitative estimate of drug-likeness (QED) is 0.747. The van der Waals surface area contributed by atoms with Gasteiger partial charge in [0.2, 0.25) is 11.8 Å². The molecule has 3 rings (SSSR count). The first-order valence-electron chi connectivity index (χ1n) is 6.77. The molecule has 0 fully saturated rings. The Kier molecular flexibility index (Phi) is 3.63. The van der Waals surface area contributed by atoms with Gasteiger partial charge < -0.3 is 10.1 Å². The fourth-order valence-corrected chi connectivity index (χ4v) is 2.04. The second-order valence-corrected chi connectivity index (χ2v) is 4.54. The molecule has 0 spiro atoms. The highest BCUT2D eigenvalue weighted by atomic mass is 16.5. The summed E-state index contributed by atoms with van der Waals surface area (Å²) in [7, 11) is 1.59. The van der Waals surface area contributed by atoms with E-state index in [1.165, 1.54) is 0 Å². The maximum absolute atomic E-state index is 5.17. The van der Waals surface area contributed by atoms with Gasteiger partial charge in [-0.1, -0.05) is 6.92 Å². The Bertz CT molecular complexity index is 754. The molecule has 3 aromatic heterocycles. The zero-order valence-corrected chi connectivity index (χ0v) is 11.9. The van der Waals surface area contributed by atoms with Crippen molar-refractivity contribution in [2.75, 3.05) is 19.0 Å². The number of H-pyrrole nitrogens is 1. The Morgan fingerprint density at radius 2 is 2.24 bits per heavy atom. The average molecular weight is 284 g/mol. The number of nitrogens with zero attached hydrogens (tertiary/aromatic N) is 4. The Morgan fingerprint density at radius 1 is 1.33 bits per heavy atom. The van der Waals surface area contributed by atoms with Crippen molar-refractivity contribution in [1.29, 1.82) is 0 Å². The third-order valence-corrected chi connectivity index (χ3v) is 3.06. The van der Waals surface area contributed by atoms with Crippen molar-refractivity contribution < 1.29 is 4.74 Å². The molecule has 0 bridgehead atoms. The summed E-state index contributed by atoms with van der Waals surface area (Å²) in [6, 6.07) is 3.74. The van der Waals surface area contributed by atoms with E-state index in [4.69, 9.17) is 4.74 Å². The average Bonchev–Trinajstić information content (AvgIpc) is 3.00. The van der Waals surface area contributed by atoms with Crippen LogP contribution in [0.2, 0.25) is 0 Å². The number of aromatic amines is 1. The highest BCUT2D eigenvalue weighted by Crippen LogP contribution is 2.27. The largest absolute Gasteiger partial charge is 0.481 e. The number of fused-ring (bicyclic) bond motifs is 1. The van der Waals surface area contributed by atoms with Crippen LogP contribution in [-0.2, 0) is 0 Å². The summed E-state index contributed by atoms with van der Waals surface area (Å²) in [5.41, 5.74) is 2.41. The van der Waals surface area contributed by atoms with Crippen molar-refractivity contribution in [3.63, 3.8) is 0 Å². The van der Waals surface area contributed by atoms with E-state index < -0.39 is 0 Å². The van der Waals surface area contributed by atoms with Crippen LogP contribution in [0.3, 0.4) is 0 Å². The molecule has 0 aromatic carbocycles. The minimum Gasteiger partial charge on any atom is -0.481 e. The third-order valence-electron chi connectivity index (χ3n) is 3.06. The summed E-state index contributed by atoms with van der Waals surface area (Å²) >= 11 is 0. The number of ether oxygens (including phenoxy) is 1. The smallest absolute Gasteiger partial charge is 0.225 e. The second-order valence-electron chi connectivity index (χ2n) is 4.54. The molecule has 0 aliphatic heterocycles. The van der Waals surface area contributed by atoms with Gasteiger partial charge in [-0.05, 0) is 12.5 Å². The van der Waals surface area contributed by atoms with Gasteiger partial charge >= 0.3 is 0 Å². The molecule has 0 saturated heterocycles. The number of hydrogen-bond acceptors (Lipinski definition) is 6. The molecule has 2 N–H and O–H groups in total. The molecule has 108 valence electrons. The van der Waals surface area contributed by atoms with Crippen LogP contribution in [0.4, 0.5) is 5.95 Å². The fourth-order valence-electron chi connectivity index (χ4n) is 2.04. The van der Waals surface area contributed by atoms with E-state index in [0.29, 0.717) is 17.5 Å². The molecule has 3 heterocycles. The van der Waals surface area contributed by atoms with Crippen molar-refractivity contribution in [2.45, 2.75) is 13.3 Å². The minimum atomic E-state index is 0.547. The van der Waals surface area contributed by atoms with Crippen LogP contribution in [0.5, 0.6) is 5.88 Å². The molecule has 0 radical (unpaired) electrons. The summed E-state index contributed by atoms with van der Waals surface area (Å²) < 4.78 is 5.17. The van der Waals surface area contributed by atoms with Gasteiger partial charge in [0.25, 0.3) is 0 Å². The van der Waals surface area contributed by atoms with Crippen molar-refractivity contribution >= 4 is 17.0 Å². The van der Waals surface area contributed by atoms with E-state index in [0.717, 1.165) is 29.6 Å². The molecule has 0 atom stereocenters. The Morgan fingerprint density at radius 3 is 3.05 bits per heavy atom. The molecule has 7 nitrogen and oxygen atoms in total. The molecular weight excluding hydrogens is 268 g/mol. The van der Waals surface area contributed by atoms with Gasteiger partial charge in [0.1, 0.15) is 0 Å². The first-order chi connectivity index (χ1) is 10.3. The van der Waals surface area contributed by atoms with Crippen LogP contribution in [-0.4, -0.2) is 38.8 Å². The number of nitrogens with one attached hydrogen (secondary N) is 2. The van der Waals surface area contributed by atoms with Gasteiger partial charge in [-0.25, -0.2) is 9.97 Å². The fraction of sp³-hybridized carbons (Fsp3) is 0.286. The lowest BCUT2D eigenvalue weighted by molar-refractivity contribution is 0.398. The maximum Gasteiger partial charge on any atom is 0.225 e. The van der Waals surface area contributed by atoms with Gasteiger partial charge in [0, 0.05) is 24.4 Å². The van der Waals surface area contributed by atoms with E-state index in [-0.39, 0.29) is 0 Å². The van der Waals surface area contributed by atoms with E-state index in [1.807, 2.05) is 12.1 Å². The zero-order chi connectivity index (χ0) is 14.7. The Balaban J connectivity index is 2.12. The second kappa shape index (κ2) is 5.74. The van der Waals surface area contributed by atoms with Crippen LogP contribution in [0.1, 0.15) is 13.3 Å². The van der Waals surface area contributed by atoms with Gasteiger partial charge in [0.05, 0.1) is 24.4 Å². The van der Waals surface area contributed by atoms with Gasteiger partial charge in [-0.3, -0.25) is 5.10 Å². The topological polar surface area (TPSA) is 88.6 Å². The highest BCUT2D eigenvalue weighted by Gasteiger charge is 2.12. The minimum absolute atomic E-state index is 0.547. The van der Waals surface area contributed by atoms with E-state index >= 15 is 0 Å². The summed E-state index contributed by atoms with van der Waals surface area (Å²) in [6.07, 6.45) is 4.42. The normalized spacial score (nSPS) is 10.8. The van der Waals surface area contributed by atoms with Crippen LogP contribution in [0.25, 0.3) is 22.3 Å². The molecule has 3 aromatic rings. The molecule has 21 heavy (non-hydrogen) atoms. The number of anilines is 1. The lowest BCUT2D eigenvalue weighted by atomic mass is 10.1. The standard InChI is InChI=1S/C14H16N6O/c1-3-5-16-14-18-12(10-8-17-20-13(10)19-14)9-4-6-15-11(7-9)21-2/h4,6-8H,3,5H2,1-2H3,(H2,16,17,18,19,20). The molecule has 0 aliphatic carbocycles. The molecule has 0 saturated carbocycles. The Hall–Kier alpha value is -2.70. The summed E-state index contributed by atoms with van der Waals surface area (Å²) in [6.45, 7) is 2.91. The predicted octanol–water partition coefficient (Wildman–Crippen LogP) is 2.25. The van der Waals surface area contributed by atoms with Crippen molar-refractivity contribution in [3.8, 4) is 17.1 Å². The lowest BCUT2D eigenvalue weighted by Crippen LogP contribution is -2.05. The maximum atomic E-state index is 5.17. The number of methoxy groups -OCH3 is 1. The molecule has 0 amide bonds. The van der Waals surface area contributed by atoms with Crippen LogP contribution >= 0.6 is 0 Å². The number of pyridine rings is 1. The molecule has 0 aliphatic rings. The van der Waals surface area contributed by atoms with Crippen molar-refractivity contribution in [1.82, 2.24) is 25.1 Å². The van der Waals surface area contributed by atoms with Crippen LogP contribution in [0, 0.1) is 0 Å². The molecule has 0 unspecified atom stereocenters. The van der Waals surface area contributed by atoms with Gasteiger partial charge in [0.15, 0.2) is 5.65 Å². The summed E-state index contributed by atoms with van der Waals surface area (Å²) in [4.78, 5) is 13.1. The van der Waals surface area contributed by atoms with E-state index in [9.17, 15) is 0 Å². The first kappa shape index (κ1) is 13.3. The van der Waals surface area contributed by atoms with E-state index in [2.05, 4.69) is 37.4 Å². The summed E-state index contributed by atoms with van der Waals surface area (Å²) in [5.74, 6) is 1.13. The van der Waals surface area contributed by atoms with Gasteiger partial charge in [-0.15, -0.1) is 0 Å². The predicted molar refractivity (Wildman–Crippen MR) is 80.2 cm³/mol. The summed E-state index contributed by atoms with van der Waals surface area (Å²) in [5, 5.41) is 11.0. The third kappa shape index (κ3) is 2.62. The molecule has 7 heteroatoms. The van der Waals surface area contributed by atoms with Crippen LogP contribution < -0.4 is 10.1 Å². The first-order valence-corrected chi connectivity index (χ1v) is 6.77. The van der Waals surface area contributed by atoms with Crippen molar-refractivity contribution in [2.24, 2.45) is 0 Å². The van der Waals surface area contributed by atoms with Gasteiger partial charge in [-0.2, -0.15) is 10.1 Å². The monoisotopic (exact) mass is 284 g/mol. The number of rotatable bonds is 5. The number of aromatic nitrogens is 5. The molecular formula is C14H16N6O. The van der Waals surface area contributed by atoms with Crippen LogP contribution in [0.15, 0.2) is 24.5 Å². The van der Waals surface area contributed by atoms with E-state index in [1.54, 1.807) is 19.5 Å².